The summed E-state index contributed by atoms with van der Waals surface area (Å²) in [6.45, 7) is 0. The van der Waals surface area contributed by atoms with E-state index in [2.05, 4.69) is 16.5 Å². The number of nitrogens with zero attached hydrogens (tertiary/aromatic N) is 1. The zero-order chi connectivity index (χ0) is 7.68. The summed E-state index contributed by atoms with van der Waals surface area (Å²) >= 11 is 1.92. The third-order valence-corrected chi connectivity index (χ3v) is 3.31. The van der Waals surface area contributed by atoms with Crippen LogP contribution in [0.2, 0.25) is 0 Å². The molecular formula is C8H12N2S. The van der Waals surface area contributed by atoms with Gasteiger partial charge in [-0.05, 0) is 31.1 Å². The molecule has 0 fully saturated rings. The van der Waals surface area contributed by atoms with Gasteiger partial charge in [0.15, 0.2) is 0 Å². The van der Waals surface area contributed by atoms with Crippen molar-refractivity contribution in [3.63, 3.8) is 0 Å². The number of aromatic amines is 1. The average molecular weight is 168 g/mol. The molecule has 0 bridgehead atoms. The molecule has 2 nitrogen and oxygen atoms in total. The molecule has 1 aromatic rings. The Morgan fingerprint density at radius 2 is 2.64 bits per heavy atom. The van der Waals surface area contributed by atoms with Gasteiger partial charge in [0.05, 0.1) is 11.9 Å². The molecule has 0 aliphatic heterocycles. The van der Waals surface area contributed by atoms with E-state index in [9.17, 15) is 0 Å². The second-order valence-electron chi connectivity index (χ2n) is 2.93. The Morgan fingerprint density at radius 1 is 1.73 bits per heavy atom. The SMILES string of the molecule is CSC1CCCc2cn[nH]c21. The molecule has 0 aromatic carbocycles. The Hall–Kier alpha value is -0.440. The fraction of sp³-hybridized carbons (Fsp3) is 0.625. The Balaban J connectivity index is 2.32. The number of rotatable bonds is 1. The number of aryl methyl sites for hydroxylation is 1. The smallest absolute Gasteiger partial charge is 0.0522 e. The van der Waals surface area contributed by atoms with Crippen molar-refractivity contribution in [2.24, 2.45) is 0 Å². The van der Waals surface area contributed by atoms with Crippen molar-refractivity contribution in [2.45, 2.75) is 24.5 Å². The molecule has 1 unspecified atom stereocenters. The van der Waals surface area contributed by atoms with E-state index in [0.717, 1.165) is 0 Å². The fourth-order valence-corrected chi connectivity index (χ4v) is 2.50. The maximum Gasteiger partial charge on any atom is 0.0522 e. The standard InChI is InChI=1S/C8H12N2S/c1-11-7-4-2-3-6-5-9-10-8(6)7/h5,7H,2-4H2,1H3,(H,9,10). The lowest BCUT2D eigenvalue weighted by molar-refractivity contribution is 0.663. The Kier molecular flexibility index (Phi) is 1.90. The Morgan fingerprint density at radius 3 is 3.45 bits per heavy atom. The van der Waals surface area contributed by atoms with Crippen molar-refractivity contribution < 1.29 is 0 Å². The van der Waals surface area contributed by atoms with Gasteiger partial charge in [0, 0.05) is 5.25 Å². The van der Waals surface area contributed by atoms with Gasteiger partial charge < -0.3 is 0 Å². The van der Waals surface area contributed by atoms with Crippen molar-refractivity contribution >= 4 is 11.8 Å². The van der Waals surface area contributed by atoms with Gasteiger partial charge in [-0.3, -0.25) is 5.10 Å². The first-order valence-electron chi connectivity index (χ1n) is 3.96. The number of thioether (sulfide) groups is 1. The van der Waals surface area contributed by atoms with Crippen molar-refractivity contribution in [2.75, 3.05) is 6.26 Å². The van der Waals surface area contributed by atoms with E-state index in [1.165, 1.54) is 30.5 Å². The first-order valence-corrected chi connectivity index (χ1v) is 5.25. The minimum atomic E-state index is 0.668. The molecule has 1 atom stereocenters. The van der Waals surface area contributed by atoms with Crippen molar-refractivity contribution in [3.05, 3.63) is 17.5 Å². The molecule has 1 heterocycles. The van der Waals surface area contributed by atoms with Crippen LogP contribution in [0.5, 0.6) is 0 Å². The summed E-state index contributed by atoms with van der Waals surface area (Å²) in [6, 6.07) is 0. The first-order chi connectivity index (χ1) is 5.42. The number of aromatic nitrogens is 2. The lowest BCUT2D eigenvalue weighted by Gasteiger charge is -2.19. The number of fused-ring (bicyclic) bond motifs is 1. The zero-order valence-electron chi connectivity index (χ0n) is 6.63. The highest BCUT2D eigenvalue weighted by atomic mass is 32.2. The second kappa shape index (κ2) is 2.89. The lowest BCUT2D eigenvalue weighted by Crippen LogP contribution is -2.05. The summed E-state index contributed by atoms with van der Waals surface area (Å²) in [4.78, 5) is 0. The quantitative estimate of drug-likeness (QED) is 0.696. The van der Waals surface area contributed by atoms with Gasteiger partial charge in [-0.2, -0.15) is 16.9 Å². The summed E-state index contributed by atoms with van der Waals surface area (Å²) in [7, 11) is 0. The van der Waals surface area contributed by atoms with Gasteiger partial charge >= 0.3 is 0 Å². The van der Waals surface area contributed by atoms with Crippen molar-refractivity contribution in [1.29, 1.82) is 0 Å². The van der Waals surface area contributed by atoms with Crippen LogP contribution in [-0.4, -0.2) is 16.5 Å². The van der Waals surface area contributed by atoms with E-state index in [4.69, 9.17) is 0 Å². The van der Waals surface area contributed by atoms with Crippen LogP contribution < -0.4 is 0 Å². The Labute approximate surface area is 70.8 Å². The predicted octanol–water partition coefficient (Wildman–Crippen LogP) is 2.15. The van der Waals surface area contributed by atoms with Crippen LogP contribution in [0.1, 0.15) is 29.3 Å². The molecule has 1 aliphatic carbocycles. The zero-order valence-corrected chi connectivity index (χ0v) is 7.45. The molecule has 0 saturated carbocycles. The van der Waals surface area contributed by atoms with Crippen LogP contribution in [0.25, 0.3) is 0 Å². The summed E-state index contributed by atoms with van der Waals surface area (Å²) in [5.41, 5.74) is 2.79. The summed E-state index contributed by atoms with van der Waals surface area (Å²) < 4.78 is 0. The lowest BCUT2D eigenvalue weighted by atomic mass is 9.98. The third kappa shape index (κ3) is 1.18. The Bertz CT molecular complexity index is 244. The van der Waals surface area contributed by atoms with E-state index in [1.807, 2.05) is 18.0 Å². The molecule has 1 aromatic heterocycles. The minimum Gasteiger partial charge on any atom is -0.281 e. The molecule has 60 valence electrons. The molecule has 1 N–H and O–H groups in total. The number of hydrogen-bond donors (Lipinski definition) is 1. The van der Waals surface area contributed by atoms with Crippen LogP contribution in [-0.2, 0) is 6.42 Å². The van der Waals surface area contributed by atoms with E-state index < -0.39 is 0 Å². The molecule has 0 spiro atoms. The highest BCUT2D eigenvalue weighted by Crippen LogP contribution is 2.36. The van der Waals surface area contributed by atoms with Crippen LogP contribution in [0.15, 0.2) is 6.20 Å². The van der Waals surface area contributed by atoms with Gasteiger partial charge in [-0.1, -0.05) is 0 Å². The molecule has 3 heteroatoms. The van der Waals surface area contributed by atoms with E-state index in [0.29, 0.717) is 5.25 Å². The maximum atomic E-state index is 4.06. The molecule has 0 amide bonds. The molecular weight excluding hydrogens is 156 g/mol. The highest BCUT2D eigenvalue weighted by molar-refractivity contribution is 7.98. The molecule has 2 rings (SSSR count). The maximum absolute atomic E-state index is 4.06. The fourth-order valence-electron chi connectivity index (χ4n) is 1.66. The second-order valence-corrected chi connectivity index (χ2v) is 3.97. The van der Waals surface area contributed by atoms with Crippen molar-refractivity contribution in [3.8, 4) is 0 Å². The molecule has 1 aliphatic rings. The third-order valence-electron chi connectivity index (χ3n) is 2.27. The van der Waals surface area contributed by atoms with Gasteiger partial charge in [-0.25, -0.2) is 0 Å². The summed E-state index contributed by atoms with van der Waals surface area (Å²) in [6.07, 6.45) is 7.97. The average Bonchev–Trinajstić information content (AvgIpc) is 2.50. The topological polar surface area (TPSA) is 28.7 Å². The first kappa shape index (κ1) is 7.22. The molecule has 0 radical (unpaired) electrons. The summed E-state index contributed by atoms with van der Waals surface area (Å²) in [5.74, 6) is 0. The van der Waals surface area contributed by atoms with Crippen LogP contribution >= 0.6 is 11.8 Å². The number of H-pyrrole nitrogens is 1. The van der Waals surface area contributed by atoms with Gasteiger partial charge in [0.2, 0.25) is 0 Å². The predicted molar refractivity (Wildman–Crippen MR) is 47.8 cm³/mol. The van der Waals surface area contributed by atoms with Crippen LogP contribution in [0, 0.1) is 0 Å². The van der Waals surface area contributed by atoms with Crippen LogP contribution in [0.3, 0.4) is 0 Å². The van der Waals surface area contributed by atoms with Gasteiger partial charge in [0.1, 0.15) is 0 Å². The highest BCUT2D eigenvalue weighted by Gasteiger charge is 2.20. The van der Waals surface area contributed by atoms with E-state index >= 15 is 0 Å². The van der Waals surface area contributed by atoms with Gasteiger partial charge in [0.25, 0.3) is 0 Å². The largest absolute Gasteiger partial charge is 0.281 e. The van der Waals surface area contributed by atoms with Gasteiger partial charge in [-0.15, -0.1) is 0 Å². The monoisotopic (exact) mass is 168 g/mol. The number of nitrogens with one attached hydrogen (secondary N) is 1. The minimum absolute atomic E-state index is 0.668. The molecule has 11 heavy (non-hydrogen) atoms. The normalized spacial score (nSPS) is 23.2. The van der Waals surface area contributed by atoms with Crippen LogP contribution in [0.4, 0.5) is 0 Å². The van der Waals surface area contributed by atoms with E-state index in [-0.39, 0.29) is 0 Å². The molecule has 0 saturated heterocycles. The summed E-state index contributed by atoms with van der Waals surface area (Å²) in [5, 5.41) is 7.82. The van der Waals surface area contributed by atoms with E-state index in [1.54, 1.807) is 0 Å². The number of hydrogen-bond acceptors (Lipinski definition) is 2. The van der Waals surface area contributed by atoms with Crippen molar-refractivity contribution in [1.82, 2.24) is 10.2 Å².